The van der Waals surface area contributed by atoms with E-state index in [-0.39, 0.29) is 18.3 Å². The Morgan fingerprint density at radius 2 is 1.92 bits per heavy atom. The van der Waals surface area contributed by atoms with E-state index in [1.807, 2.05) is 36.4 Å². The molecule has 0 aliphatic heterocycles. The van der Waals surface area contributed by atoms with Crippen LogP contribution in [0.4, 0.5) is 4.39 Å². The highest BCUT2D eigenvalue weighted by Gasteiger charge is 2.10. The smallest absolute Gasteiger partial charge is 0.279 e. The number of nitrogens with zero attached hydrogens (tertiary/aromatic N) is 2. The van der Waals surface area contributed by atoms with E-state index in [4.69, 9.17) is 6.42 Å². The zero-order valence-electron chi connectivity index (χ0n) is 13.6. The van der Waals surface area contributed by atoms with Gasteiger partial charge in [0, 0.05) is 5.56 Å². The largest absolute Gasteiger partial charge is 0.305 e. The predicted octanol–water partition coefficient (Wildman–Crippen LogP) is 4.37. The molecule has 0 aliphatic rings. The molecule has 0 N–H and O–H groups in total. The second-order valence-corrected chi connectivity index (χ2v) is 6.77. The van der Waals surface area contributed by atoms with E-state index < -0.39 is 0 Å². The lowest BCUT2D eigenvalue weighted by molar-refractivity contribution is 0.0998. The molecule has 126 valence electrons. The summed E-state index contributed by atoms with van der Waals surface area (Å²) < 4.78 is 15.9. The van der Waals surface area contributed by atoms with Crippen LogP contribution in [0.3, 0.4) is 0 Å². The lowest BCUT2D eigenvalue weighted by Gasteiger charge is -2.01. The number of carbonyl (C=O) groups excluding carboxylic acids is 1. The van der Waals surface area contributed by atoms with Crippen molar-refractivity contribution in [3.63, 3.8) is 0 Å². The van der Waals surface area contributed by atoms with Crippen molar-refractivity contribution in [3.8, 4) is 12.3 Å². The molecule has 0 radical (unpaired) electrons. The third-order valence-electron chi connectivity index (χ3n) is 4.09. The van der Waals surface area contributed by atoms with E-state index in [0.29, 0.717) is 15.1 Å². The Bertz CT molecular complexity index is 1260. The van der Waals surface area contributed by atoms with Crippen molar-refractivity contribution in [2.75, 3.05) is 0 Å². The Morgan fingerprint density at radius 3 is 2.73 bits per heavy atom. The zero-order valence-corrected chi connectivity index (χ0v) is 14.5. The third-order valence-corrected chi connectivity index (χ3v) is 5.13. The Morgan fingerprint density at radius 1 is 1.12 bits per heavy atom. The van der Waals surface area contributed by atoms with Crippen LogP contribution in [0.5, 0.6) is 0 Å². The summed E-state index contributed by atoms with van der Waals surface area (Å²) in [5.41, 5.74) is 1.26. The van der Waals surface area contributed by atoms with Crippen LogP contribution in [0.2, 0.25) is 0 Å². The van der Waals surface area contributed by atoms with Crippen molar-refractivity contribution >= 4 is 38.2 Å². The van der Waals surface area contributed by atoms with E-state index in [1.165, 1.54) is 23.5 Å². The molecule has 0 saturated heterocycles. The second kappa shape index (κ2) is 6.58. The van der Waals surface area contributed by atoms with Crippen LogP contribution in [0.15, 0.2) is 65.7 Å². The fourth-order valence-electron chi connectivity index (χ4n) is 2.85. The summed E-state index contributed by atoms with van der Waals surface area (Å²) in [6.07, 6.45) is 5.45. The van der Waals surface area contributed by atoms with Gasteiger partial charge in [0.1, 0.15) is 5.82 Å². The number of thiazole rings is 1. The van der Waals surface area contributed by atoms with Crippen molar-refractivity contribution in [1.82, 2.24) is 4.57 Å². The maximum absolute atomic E-state index is 13.5. The summed E-state index contributed by atoms with van der Waals surface area (Å²) >= 11 is 1.24. The molecular weight excluding hydrogens is 347 g/mol. The second-order valence-electron chi connectivity index (χ2n) is 5.77. The lowest BCUT2D eigenvalue weighted by Crippen LogP contribution is -2.16. The molecule has 3 nitrogen and oxygen atoms in total. The first-order valence-corrected chi connectivity index (χ1v) is 8.77. The standard InChI is InChI=1S/C21H13FN2OS/c1-2-11-24-18-10-9-17(22)13-19(18)26-21(24)23-20(25)16-8-7-14-5-3-4-6-15(14)12-16/h1,3-10,12-13H,11H2. The molecule has 1 amide bonds. The maximum Gasteiger partial charge on any atom is 0.279 e. The van der Waals surface area contributed by atoms with Gasteiger partial charge in [-0.2, -0.15) is 4.99 Å². The van der Waals surface area contributed by atoms with E-state index in [1.54, 1.807) is 16.7 Å². The molecule has 0 bridgehead atoms. The first-order chi connectivity index (χ1) is 12.7. The lowest BCUT2D eigenvalue weighted by atomic mass is 10.1. The molecule has 1 aromatic heterocycles. The number of amides is 1. The van der Waals surface area contributed by atoms with Crippen LogP contribution in [0, 0.1) is 18.2 Å². The highest BCUT2D eigenvalue weighted by atomic mass is 32.1. The highest BCUT2D eigenvalue weighted by molar-refractivity contribution is 7.16. The quantitative estimate of drug-likeness (QED) is 0.489. The fraction of sp³-hybridized carbons (Fsp3) is 0.0476. The number of hydrogen-bond donors (Lipinski definition) is 0. The van der Waals surface area contributed by atoms with Crippen LogP contribution in [0.1, 0.15) is 10.4 Å². The van der Waals surface area contributed by atoms with Gasteiger partial charge in [-0.15, -0.1) is 6.42 Å². The molecular formula is C21H13FN2OS. The normalized spacial score (nSPS) is 11.8. The molecule has 0 atom stereocenters. The van der Waals surface area contributed by atoms with Gasteiger partial charge in [-0.05, 0) is 41.1 Å². The van der Waals surface area contributed by atoms with E-state index in [9.17, 15) is 9.18 Å². The van der Waals surface area contributed by atoms with Gasteiger partial charge < -0.3 is 4.57 Å². The van der Waals surface area contributed by atoms with E-state index in [2.05, 4.69) is 10.9 Å². The number of benzene rings is 3. The summed E-state index contributed by atoms with van der Waals surface area (Å²) in [4.78, 5) is 17.4. The van der Waals surface area contributed by atoms with Crippen molar-refractivity contribution in [2.24, 2.45) is 4.99 Å². The maximum atomic E-state index is 13.5. The molecule has 0 aliphatic carbocycles. The van der Waals surface area contributed by atoms with Crippen LogP contribution in [-0.2, 0) is 6.54 Å². The minimum absolute atomic E-state index is 0.259. The van der Waals surface area contributed by atoms with Gasteiger partial charge in [0.25, 0.3) is 5.91 Å². The van der Waals surface area contributed by atoms with Gasteiger partial charge >= 0.3 is 0 Å². The number of hydrogen-bond acceptors (Lipinski definition) is 2. The Hall–Kier alpha value is -3.23. The highest BCUT2D eigenvalue weighted by Crippen LogP contribution is 2.19. The minimum Gasteiger partial charge on any atom is -0.305 e. The van der Waals surface area contributed by atoms with Crippen molar-refractivity contribution in [1.29, 1.82) is 0 Å². The van der Waals surface area contributed by atoms with Gasteiger partial charge in [0.2, 0.25) is 0 Å². The molecule has 0 fully saturated rings. The van der Waals surface area contributed by atoms with Crippen LogP contribution in [0.25, 0.3) is 21.0 Å². The minimum atomic E-state index is -0.353. The Labute approximate surface area is 153 Å². The number of aromatic nitrogens is 1. The molecule has 26 heavy (non-hydrogen) atoms. The van der Waals surface area contributed by atoms with Crippen LogP contribution < -0.4 is 4.80 Å². The van der Waals surface area contributed by atoms with Crippen LogP contribution >= 0.6 is 11.3 Å². The van der Waals surface area contributed by atoms with Crippen molar-refractivity contribution in [3.05, 3.63) is 76.8 Å². The fourth-order valence-corrected chi connectivity index (χ4v) is 3.90. The summed E-state index contributed by atoms with van der Waals surface area (Å²) in [5, 5.41) is 2.03. The van der Waals surface area contributed by atoms with Gasteiger partial charge in [-0.3, -0.25) is 4.79 Å². The molecule has 0 spiro atoms. The predicted molar refractivity (Wildman–Crippen MR) is 102 cm³/mol. The third kappa shape index (κ3) is 2.92. The summed E-state index contributed by atoms with van der Waals surface area (Å²) in [6.45, 7) is 0.259. The zero-order chi connectivity index (χ0) is 18.1. The summed E-state index contributed by atoms with van der Waals surface area (Å²) in [7, 11) is 0. The van der Waals surface area contributed by atoms with Gasteiger partial charge in [-0.1, -0.05) is 47.6 Å². The Balaban J connectivity index is 1.84. The first-order valence-electron chi connectivity index (χ1n) is 7.96. The van der Waals surface area contributed by atoms with Crippen molar-refractivity contribution < 1.29 is 9.18 Å². The van der Waals surface area contributed by atoms with E-state index >= 15 is 0 Å². The summed E-state index contributed by atoms with van der Waals surface area (Å²) in [5.74, 6) is 1.87. The monoisotopic (exact) mass is 360 g/mol. The Kier molecular flexibility index (Phi) is 4.11. The molecule has 4 aromatic rings. The number of fused-ring (bicyclic) bond motifs is 2. The van der Waals surface area contributed by atoms with Crippen LogP contribution in [-0.4, -0.2) is 10.5 Å². The molecule has 0 unspecified atom stereocenters. The first kappa shape index (κ1) is 16.2. The average Bonchev–Trinajstić information content (AvgIpc) is 2.98. The van der Waals surface area contributed by atoms with Gasteiger partial charge in [-0.25, -0.2) is 4.39 Å². The summed E-state index contributed by atoms with van der Waals surface area (Å²) in [6, 6.07) is 17.7. The molecule has 1 heterocycles. The van der Waals surface area contributed by atoms with Gasteiger partial charge in [0.05, 0.1) is 16.8 Å². The number of terminal acetylenes is 1. The van der Waals surface area contributed by atoms with E-state index in [0.717, 1.165) is 16.3 Å². The number of carbonyl (C=O) groups is 1. The SMILES string of the molecule is C#CCn1c(=NC(=O)c2ccc3ccccc3c2)sc2cc(F)ccc21. The number of rotatable bonds is 2. The molecule has 0 saturated carbocycles. The number of halogens is 1. The molecule has 4 rings (SSSR count). The van der Waals surface area contributed by atoms with Gasteiger partial charge in [0.15, 0.2) is 4.80 Å². The molecule has 3 aromatic carbocycles. The topological polar surface area (TPSA) is 34.4 Å². The van der Waals surface area contributed by atoms with Crippen molar-refractivity contribution in [2.45, 2.75) is 6.54 Å². The molecule has 5 heteroatoms. The average molecular weight is 360 g/mol.